The lowest BCUT2D eigenvalue weighted by Gasteiger charge is -2.12. The zero-order valence-electron chi connectivity index (χ0n) is 9.19. The molecule has 84 valence electrons. The first-order valence-corrected chi connectivity index (χ1v) is 4.66. The molecule has 0 bridgehead atoms. The normalized spacial score (nSPS) is 10.7. The number of carbonyl (C=O) groups is 1. The summed E-state index contributed by atoms with van der Waals surface area (Å²) in [5.41, 5.74) is 0. The maximum atomic E-state index is 10.9. The van der Waals surface area contributed by atoms with Gasteiger partial charge in [0.1, 0.15) is 0 Å². The van der Waals surface area contributed by atoms with Crippen LogP contribution in [0.15, 0.2) is 4.42 Å². The van der Waals surface area contributed by atoms with Gasteiger partial charge in [0, 0.05) is 13.5 Å². The molecule has 0 aliphatic heterocycles. The third-order valence-corrected chi connectivity index (χ3v) is 1.90. The minimum absolute atomic E-state index is 0.219. The van der Waals surface area contributed by atoms with E-state index in [0.29, 0.717) is 31.3 Å². The summed E-state index contributed by atoms with van der Waals surface area (Å²) in [6.45, 7) is 2.89. The monoisotopic (exact) mass is 213 g/mol. The summed E-state index contributed by atoms with van der Waals surface area (Å²) < 4.78 is 9.75. The fourth-order valence-corrected chi connectivity index (χ4v) is 1.10. The van der Waals surface area contributed by atoms with E-state index in [-0.39, 0.29) is 5.97 Å². The third kappa shape index (κ3) is 4.07. The van der Waals surface area contributed by atoms with Crippen molar-refractivity contribution in [2.45, 2.75) is 19.9 Å². The first-order chi connectivity index (χ1) is 7.11. The van der Waals surface area contributed by atoms with Gasteiger partial charge in [0.05, 0.1) is 20.1 Å². The molecule has 1 rings (SSSR count). The number of esters is 1. The molecule has 0 saturated carbocycles. The van der Waals surface area contributed by atoms with Crippen LogP contribution >= 0.6 is 0 Å². The van der Waals surface area contributed by atoms with E-state index in [1.165, 1.54) is 7.11 Å². The molecule has 1 aromatic rings. The van der Waals surface area contributed by atoms with Crippen LogP contribution in [0.25, 0.3) is 0 Å². The van der Waals surface area contributed by atoms with Crippen molar-refractivity contribution < 1.29 is 13.9 Å². The van der Waals surface area contributed by atoms with Gasteiger partial charge in [0.25, 0.3) is 0 Å². The molecule has 0 radical (unpaired) electrons. The highest BCUT2D eigenvalue weighted by Gasteiger charge is 2.08. The van der Waals surface area contributed by atoms with Crippen molar-refractivity contribution >= 4 is 5.97 Å². The molecule has 1 heterocycles. The Morgan fingerprint density at radius 1 is 1.53 bits per heavy atom. The number of ether oxygens (including phenoxy) is 1. The lowest BCUT2D eigenvalue weighted by molar-refractivity contribution is -0.140. The standard InChI is InChI=1S/C9H15N3O3/c1-7-10-11-8(15-7)6-12(2)5-4-9(13)14-3/h4-6H2,1-3H3. The van der Waals surface area contributed by atoms with Crippen LogP contribution in [0.3, 0.4) is 0 Å². The highest BCUT2D eigenvalue weighted by atomic mass is 16.5. The molecule has 1 aromatic heterocycles. The molecule has 0 atom stereocenters. The van der Waals surface area contributed by atoms with Crippen molar-refractivity contribution in [1.82, 2.24) is 15.1 Å². The maximum Gasteiger partial charge on any atom is 0.306 e. The van der Waals surface area contributed by atoms with Crippen LogP contribution in [0, 0.1) is 6.92 Å². The molecule has 0 fully saturated rings. The van der Waals surface area contributed by atoms with Crippen LogP contribution in [0.4, 0.5) is 0 Å². The number of rotatable bonds is 5. The van der Waals surface area contributed by atoms with Crippen molar-refractivity contribution in [3.8, 4) is 0 Å². The topological polar surface area (TPSA) is 68.5 Å². The predicted molar refractivity (Wildman–Crippen MR) is 52.0 cm³/mol. The molecule has 0 aliphatic carbocycles. The van der Waals surface area contributed by atoms with Gasteiger partial charge >= 0.3 is 5.97 Å². The molecule has 0 aromatic carbocycles. The second-order valence-corrected chi connectivity index (χ2v) is 3.28. The number of hydrogen-bond donors (Lipinski definition) is 0. The van der Waals surface area contributed by atoms with Crippen LogP contribution in [0.5, 0.6) is 0 Å². The van der Waals surface area contributed by atoms with E-state index in [9.17, 15) is 4.79 Å². The van der Waals surface area contributed by atoms with E-state index in [0.717, 1.165) is 0 Å². The van der Waals surface area contributed by atoms with E-state index >= 15 is 0 Å². The highest BCUT2D eigenvalue weighted by molar-refractivity contribution is 5.69. The van der Waals surface area contributed by atoms with E-state index < -0.39 is 0 Å². The minimum Gasteiger partial charge on any atom is -0.469 e. The Balaban J connectivity index is 2.30. The summed E-state index contributed by atoms with van der Waals surface area (Å²) in [5.74, 6) is 0.884. The van der Waals surface area contributed by atoms with Crippen LogP contribution in [0.1, 0.15) is 18.2 Å². The van der Waals surface area contributed by atoms with E-state index in [2.05, 4.69) is 14.9 Å². The van der Waals surface area contributed by atoms with Crippen LogP contribution in [-0.4, -0.2) is 41.8 Å². The number of nitrogens with zero attached hydrogens (tertiary/aromatic N) is 3. The fraction of sp³-hybridized carbons (Fsp3) is 0.667. The molecule has 6 nitrogen and oxygen atoms in total. The molecule has 0 spiro atoms. The van der Waals surface area contributed by atoms with Crippen LogP contribution in [-0.2, 0) is 16.1 Å². The average molecular weight is 213 g/mol. The van der Waals surface area contributed by atoms with Gasteiger partial charge in [-0.2, -0.15) is 0 Å². The number of hydrogen-bond acceptors (Lipinski definition) is 6. The van der Waals surface area contributed by atoms with Crippen molar-refractivity contribution in [1.29, 1.82) is 0 Å². The van der Waals surface area contributed by atoms with Gasteiger partial charge < -0.3 is 9.15 Å². The van der Waals surface area contributed by atoms with Gasteiger partial charge in [-0.15, -0.1) is 10.2 Å². The maximum absolute atomic E-state index is 10.9. The summed E-state index contributed by atoms with van der Waals surface area (Å²) in [6, 6.07) is 0. The first-order valence-electron chi connectivity index (χ1n) is 4.66. The number of aryl methyl sites for hydroxylation is 1. The second-order valence-electron chi connectivity index (χ2n) is 3.28. The minimum atomic E-state index is -0.219. The Kier molecular flexibility index (Phi) is 4.23. The lowest BCUT2D eigenvalue weighted by Crippen LogP contribution is -2.22. The molecular formula is C9H15N3O3. The SMILES string of the molecule is COC(=O)CCN(C)Cc1nnc(C)o1. The smallest absolute Gasteiger partial charge is 0.306 e. The van der Waals surface area contributed by atoms with Gasteiger partial charge in [0.2, 0.25) is 11.8 Å². The fourth-order valence-electron chi connectivity index (χ4n) is 1.10. The van der Waals surface area contributed by atoms with Crippen LogP contribution in [0.2, 0.25) is 0 Å². The van der Waals surface area contributed by atoms with Gasteiger partial charge in [-0.25, -0.2) is 0 Å². The lowest BCUT2D eigenvalue weighted by atomic mass is 10.4. The van der Waals surface area contributed by atoms with E-state index in [1.807, 2.05) is 11.9 Å². The summed E-state index contributed by atoms with van der Waals surface area (Å²) in [6.07, 6.45) is 0.361. The van der Waals surface area contributed by atoms with Crippen molar-refractivity contribution in [3.05, 3.63) is 11.8 Å². The Morgan fingerprint density at radius 2 is 2.27 bits per heavy atom. The number of methoxy groups -OCH3 is 1. The van der Waals surface area contributed by atoms with Crippen molar-refractivity contribution in [2.75, 3.05) is 20.7 Å². The Labute approximate surface area is 88.2 Å². The second kappa shape index (κ2) is 5.45. The van der Waals surface area contributed by atoms with Gasteiger partial charge in [-0.3, -0.25) is 9.69 Å². The molecule has 0 saturated heterocycles. The van der Waals surface area contributed by atoms with Gasteiger partial charge in [-0.1, -0.05) is 0 Å². The quantitative estimate of drug-likeness (QED) is 0.658. The zero-order chi connectivity index (χ0) is 11.3. The van der Waals surface area contributed by atoms with E-state index in [1.54, 1.807) is 6.92 Å². The molecule has 6 heteroatoms. The summed E-state index contributed by atoms with van der Waals surface area (Å²) in [5, 5.41) is 7.57. The Hall–Kier alpha value is -1.43. The van der Waals surface area contributed by atoms with Gasteiger partial charge in [-0.05, 0) is 7.05 Å². The largest absolute Gasteiger partial charge is 0.469 e. The number of aromatic nitrogens is 2. The van der Waals surface area contributed by atoms with Crippen molar-refractivity contribution in [2.24, 2.45) is 0 Å². The summed E-state index contributed by atoms with van der Waals surface area (Å²) in [7, 11) is 3.26. The average Bonchev–Trinajstić information content (AvgIpc) is 2.60. The zero-order valence-corrected chi connectivity index (χ0v) is 9.19. The van der Waals surface area contributed by atoms with E-state index in [4.69, 9.17) is 4.42 Å². The molecule has 0 aliphatic rings. The molecule has 15 heavy (non-hydrogen) atoms. The number of carbonyl (C=O) groups excluding carboxylic acids is 1. The van der Waals surface area contributed by atoms with Gasteiger partial charge in [0.15, 0.2) is 0 Å². The highest BCUT2D eigenvalue weighted by Crippen LogP contribution is 2.02. The third-order valence-electron chi connectivity index (χ3n) is 1.90. The first kappa shape index (κ1) is 11.6. The molecular weight excluding hydrogens is 198 g/mol. The Bertz CT molecular complexity index is 324. The molecule has 0 unspecified atom stereocenters. The van der Waals surface area contributed by atoms with Crippen molar-refractivity contribution in [3.63, 3.8) is 0 Å². The summed E-state index contributed by atoms with van der Waals surface area (Å²) >= 11 is 0. The Morgan fingerprint density at radius 3 is 2.80 bits per heavy atom. The predicted octanol–water partition coefficient (Wildman–Crippen LogP) is 0.373. The molecule has 0 N–H and O–H groups in total. The summed E-state index contributed by atoms with van der Waals surface area (Å²) in [4.78, 5) is 12.8. The molecule has 0 amide bonds. The van der Waals surface area contributed by atoms with Crippen LogP contribution < -0.4 is 0 Å².